The largest absolute Gasteiger partial charge is 0.393 e. The van der Waals surface area contributed by atoms with Gasteiger partial charge < -0.3 is 5.11 Å². The van der Waals surface area contributed by atoms with Crippen molar-refractivity contribution in [2.24, 2.45) is 16.7 Å². The normalized spacial score (nSPS) is 59.5. The minimum atomic E-state index is 0.0242. The van der Waals surface area contributed by atoms with Crippen LogP contribution in [0.2, 0.25) is 0 Å². The number of aliphatic hydroxyl groups excluding tert-OH is 1. The fourth-order valence-corrected chi connectivity index (χ4v) is 4.36. The summed E-state index contributed by atoms with van der Waals surface area (Å²) in [6.45, 7) is 2.48. The molecule has 0 aromatic carbocycles. The first-order chi connectivity index (χ1) is 6.16. The van der Waals surface area contributed by atoms with Crippen LogP contribution in [0, 0.1) is 16.7 Å². The summed E-state index contributed by atoms with van der Waals surface area (Å²) in [6.07, 6.45) is 9.23. The van der Waals surface area contributed by atoms with Gasteiger partial charge in [0.25, 0.3) is 0 Å². The van der Waals surface area contributed by atoms with Crippen molar-refractivity contribution in [1.29, 1.82) is 0 Å². The summed E-state index contributed by atoms with van der Waals surface area (Å²) < 4.78 is 0. The summed E-state index contributed by atoms with van der Waals surface area (Å²) in [5.41, 5.74) is 1.21. The molecule has 0 amide bonds. The fraction of sp³-hybridized carbons (Fsp3) is 1.00. The first kappa shape index (κ1) is 8.28. The van der Waals surface area contributed by atoms with E-state index in [-0.39, 0.29) is 6.10 Å². The maximum absolute atomic E-state index is 9.75. The van der Waals surface area contributed by atoms with E-state index in [1.54, 1.807) is 0 Å². The minimum absolute atomic E-state index is 0.0242. The first-order valence-electron chi connectivity index (χ1n) is 5.84. The molecule has 0 aromatic rings. The van der Waals surface area contributed by atoms with Crippen LogP contribution in [0.3, 0.4) is 0 Å². The Morgan fingerprint density at radius 2 is 2.00 bits per heavy atom. The van der Waals surface area contributed by atoms with Crippen LogP contribution in [-0.4, -0.2) is 11.2 Å². The van der Waals surface area contributed by atoms with Gasteiger partial charge in [-0.1, -0.05) is 13.3 Å². The highest BCUT2D eigenvalue weighted by molar-refractivity contribution is 5.16. The maximum Gasteiger partial charge on any atom is 0.0546 e. The van der Waals surface area contributed by atoms with E-state index in [2.05, 4.69) is 6.92 Å². The Balaban J connectivity index is 1.91. The van der Waals surface area contributed by atoms with Gasteiger partial charge in [0.2, 0.25) is 0 Å². The highest BCUT2D eigenvalue weighted by Gasteiger charge is 2.66. The third kappa shape index (κ3) is 0.918. The molecule has 4 unspecified atom stereocenters. The van der Waals surface area contributed by atoms with Crippen LogP contribution in [0.1, 0.15) is 51.9 Å². The molecule has 3 rings (SSSR count). The van der Waals surface area contributed by atoms with Crippen molar-refractivity contribution in [3.8, 4) is 0 Å². The van der Waals surface area contributed by atoms with Gasteiger partial charge in [-0.15, -0.1) is 0 Å². The van der Waals surface area contributed by atoms with Crippen LogP contribution in [0.5, 0.6) is 0 Å². The molecule has 1 spiro atoms. The molecule has 1 heteroatoms. The topological polar surface area (TPSA) is 20.2 Å². The number of aliphatic hydroxyl groups is 1. The van der Waals surface area contributed by atoms with Crippen molar-refractivity contribution in [2.45, 2.75) is 58.0 Å². The molecule has 0 aromatic heterocycles. The summed E-state index contributed by atoms with van der Waals surface area (Å²) in [7, 11) is 0. The SMILES string of the molecule is CC12CCCC3CC31CC(O)CC2. The average molecular weight is 180 g/mol. The molecule has 0 aliphatic heterocycles. The molecule has 0 saturated heterocycles. The van der Waals surface area contributed by atoms with Gasteiger partial charge in [-0.05, 0) is 55.3 Å². The molecule has 74 valence electrons. The van der Waals surface area contributed by atoms with Crippen LogP contribution in [-0.2, 0) is 0 Å². The summed E-state index contributed by atoms with van der Waals surface area (Å²) in [5, 5.41) is 9.75. The second kappa shape index (κ2) is 2.31. The lowest BCUT2D eigenvalue weighted by atomic mass is 9.58. The Hall–Kier alpha value is -0.0400. The maximum atomic E-state index is 9.75. The van der Waals surface area contributed by atoms with E-state index in [1.165, 1.54) is 32.1 Å². The van der Waals surface area contributed by atoms with Crippen LogP contribution in [0.4, 0.5) is 0 Å². The second-order valence-corrected chi connectivity index (χ2v) is 5.91. The van der Waals surface area contributed by atoms with Crippen LogP contribution >= 0.6 is 0 Å². The minimum Gasteiger partial charge on any atom is -0.393 e. The lowest BCUT2D eigenvalue weighted by Crippen LogP contribution is -2.41. The Labute approximate surface area is 80.5 Å². The molecule has 0 radical (unpaired) electrons. The van der Waals surface area contributed by atoms with Crippen molar-refractivity contribution in [3.63, 3.8) is 0 Å². The smallest absolute Gasteiger partial charge is 0.0546 e. The van der Waals surface area contributed by atoms with Crippen molar-refractivity contribution in [3.05, 3.63) is 0 Å². The molecule has 3 fully saturated rings. The van der Waals surface area contributed by atoms with Gasteiger partial charge >= 0.3 is 0 Å². The third-order valence-corrected chi connectivity index (χ3v) is 5.34. The molecule has 0 bridgehead atoms. The van der Waals surface area contributed by atoms with E-state index in [0.29, 0.717) is 10.8 Å². The summed E-state index contributed by atoms with van der Waals surface area (Å²) in [6, 6.07) is 0. The van der Waals surface area contributed by atoms with E-state index in [1.807, 2.05) is 0 Å². The predicted octanol–water partition coefficient (Wildman–Crippen LogP) is 2.73. The zero-order chi connectivity index (χ0) is 9.10. The highest BCUT2D eigenvalue weighted by atomic mass is 16.3. The van der Waals surface area contributed by atoms with E-state index < -0.39 is 0 Å². The zero-order valence-corrected chi connectivity index (χ0v) is 8.55. The van der Waals surface area contributed by atoms with Gasteiger partial charge in [-0.3, -0.25) is 0 Å². The van der Waals surface area contributed by atoms with Crippen molar-refractivity contribution < 1.29 is 5.11 Å². The van der Waals surface area contributed by atoms with Gasteiger partial charge in [-0.2, -0.15) is 0 Å². The lowest BCUT2D eigenvalue weighted by Gasteiger charge is -2.47. The number of hydrogen-bond donors (Lipinski definition) is 1. The van der Waals surface area contributed by atoms with E-state index >= 15 is 0 Å². The summed E-state index contributed by atoms with van der Waals surface area (Å²) in [4.78, 5) is 0. The zero-order valence-electron chi connectivity index (χ0n) is 8.55. The van der Waals surface area contributed by atoms with Crippen LogP contribution in [0.15, 0.2) is 0 Å². The molecule has 3 saturated carbocycles. The van der Waals surface area contributed by atoms with Crippen LogP contribution in [0.25, 0.3) is 0 Å². The van der Waals surface area contributed by atoms with Gasteiger partial charge in [0, 0.05) is 0 Å². The van der Waals surface area contributed by atoms with E-state index in [0.717, 1.165) is 18.8 Å². The molecule has 1 nitrogen and oxygen atoms in total. The second-order valence-electron chi connectivity index (χ2n) is 5.91. The quantitative estimate of drug-likeness (QED) is 0.607. The Morgan fingerprint density at radius 1 is 1.15 bits per heavy atom. The molecule has 1 N–H and O–H groups in total. The third-order valence-electron chi connectivity index (χ3n) is 5.34. The molecule has 3 aliphatic rings. The van der Waals surface area contributed by atoms with Crippen molar-refractivity contribution in [2.75, 3.05) is 0 Å². The number of rotatable bonds is 0. The highest BCUT2D eigenvalue weighted by Crippen LogP contribution is 2.74. The van der Waals surface area contributed by atoms with Gasteiger partial charge in [-0.25, -0.2) is 0 Å². The average Bonchev–Trinajstić information content (AvgIpc) is 2.77. The monoisotopic (exact) mass is 180 g/mol. The molecular formula is C12H20O. The first-order valence-corrected chi connectivity index (χ1v) is 5.84. The molecule has 4 atom stereocenters. The standard InChI is InChI=1S/C12H20O/c1-11-5-2-3-9-7-12(9,11)8-10(13)4-6-11/h9-10,13H,2-8H2,1H3. The fourth-order valence-electron chi connectivity index (χ4n) is 4.36. The molecule has 3 aliphatic carbocycles. The van der Waals surface area contributed by atoms with Crippen LogP contribution < -0.4 is 0 Å². The van der Waals surface area contributed by atoms with Gasteiger partial charge in [0.05, 0.1) is 6.10 Å². The molecule has 13 heavy (non-hydrogen) atoms. The number of hydrogen-bond acceptors (Lipinski definition) is 1. The van der Waals surface area contributed by atoms with E-state index in [9.17, 15) is 5.11 Å². The van der Waals surface area contributed by atoms with Gasteiger partial charge in [0.1, 0.15) is 0 Å². The molecular weight excluding hydrogens is 160 g/mol. The van der Waals surface area contributed by atoms with Gasteiger partial charge in [0.15, 0.2) is 0 Å². The molecule has 0 heterocycles. The summed E-state index contributed by atoms with van der Waals surface area (Å²) in [5.74, 6) is 0.987. The van der Waals surface area contributed by atoms with E-state index in [4.69, 9.17) is 0 Å². The summed E-state index contributed by atoms with van der Waals surface area (Å²) >= 11 is 0. The Morgan fingerprint density at radius 3 is 2.85 bits per heavy atom. The lowest BCUT2D eigenvalue weighted by molar-refractivity contribution is -0.0255. The van der Waals surface area contributed by atoms with Crippen molar-refractivity contribution >= 4 is 0 Å². The Kier molecular flexibility index (Phi) is 1.47. The van der Waals surface area contributed by atoms with Crippen molar-refractivity contribution in [1.82, 2.24) is 0 Å². The Bertz CT molecular complexity index is 237. The predicted molar refractivity (Wildman–Crippen MR) is 52.4 cm³/mol.